The summed E-state index contributed by atoms with van der Waals surface area (Å²) in [6.07, 6.45) is 0. The van der Waals surface area contributed by atoms with Crippen molar-refractivity contribution in [2.45, 2.75) is 6.92 Å². The van der Waals surface area contributed by atoms with Crippen molar-refractivity contribution >= 4 is 17.0 Å². The van der Waals surface area contributed by atoms with Gasteiger partial charge in [-0.3, -0.25) is 0 Å². The average molecular weight is 267 g/mol. The van der Waals surface area contributed by atoms with Crippen LogP contribution in [-0.2, 0) is 0 Å². The van der Waals surface area contributed by atoms with Crippen LogP contribution in [0.15, 0.2) is 47.8 Å². The zero-order valence-electron chi connectivity index (χ0n) is 10.5. The van der Waals surface area contributed by atoms with Crippen LogP contribution >= 0.6 is 11.3 Å². The molecule has 0 spiro atoms. The second kappa shape index (κ2) is 4.82. The maximum atomic E-state index is 5.70. The Bertz CT molecular complexity index is 688. The van der Waals surface area contributed by atoms with Crippen LogP contribution in [0.5, 0.6) is 0 Å². The van der Waals surface area contributed by atoms with Crippen LogP contribution in [0.3, 0.4) is 0 Å². The van der Waals surface area contributed by atoms with Crippen molar-refractivity contribution in [3.63, 3.8) is 0 Å². The van der Waals surface area contributed by atoms with Gasteiger partial charge in [0.25, 0.3) is 0 Å². The molecular formula is C15H13N3S. The predicted octanol–water partition coefficient (Wildman–Crippen LogP) is 3.76. The van der Waals surface area contributed by atoms with Crippen molar-refractivity contribution in [3.05, 3.63) is 53.5 Å². The molecule has 19 heavy (non-hydrogen) atoms. The number of thiophene rings is 1. The second-order valence-electron chi connectivity index (χ2n) is 4.32. The number of nitrogen functional groups attached to an aromatic ring is 1. The molecule has 2 heterocycles. The minimum Gasteiger partial charge on any atom is -0.399 e. The Morgan fingerprint density at radius 3 is 2.53 bits per heavy atom. The molecule has 0 fully saturated rings. The quantitative estimate of drug-likeness (QED) is 0.719. The van der Waals surface area contributed by atoms with Crippen molar-refractivity contribution in [1.29, 1.82) is 0 Å². The van der Waals surface area contributed by atoms with Gasteiger partial charge in [0.1, 0.15) is 0 Å². The van der Waals surface area contributed by atoms with Gasteiger partial charge in [0.15, 0.2) is 5.82 Å². The van der Waals surface area contributed by atoms with E-state index in [9.17, 15) is 0 Å². The first-order chi connectivity index (χ1) is 9.22. The Balaban J connectivity index is 2.10. The lowest BCUT2D eigenvalue weighted by atomic mass is 10.2. The number of hydrogen-bond acceptors (Lipinski definition) is 4. The molecule has 0 aliphatic rings. The highest BCUT2D eigenvalue weighted by Gasteiger charge is 2.07. The van der Waals surface area contributed by atoms with Crippen LogP contribution in [0.1, 0.15) is 5.69 Å². The SMILES string of the molecule is Cc1cc(-c2cccs2)nc(-c2ccc(N)cc2)n1. The lowest BCUT2D eigenvalue weighted by molar-refractivity contribution is 1.12. The van der Waals surface area contributed by atoms with Gasteiger partial charge >= 0.3 is 0 Å². The van der Waals surface area contributed by atoms with Crippen LogP contribution in [0.2, 0.25) is 0 Å². The van der Waals surface area contributed by atoms with E-state index in [4.69, 9.17) is 5.73 Å². The fraction of sp³-hybridized carbons (Fsp3) is 0.0667. The monoisotopic (exact) mass is 267 g/mol. The molecule has 0 saturated heterocycles. The van der Waals surface area contributed by atoms with E-state index < -0.39 is 0 Å². The molecule has 0 aliphatic heterocycles. The summed E-state index contributed by atoms with van der Waals surface area (Å²) < 4.78 is 0. The van der Waals surface area contributed by atoms with E-state index in [2.05, 4.69) is 21.4 Å². The molecule has 0 unspecified atom stereocenters. The van der Waals surface area contributed by atoms with Crippen LogP contribution < -0.4 is 5.73 Å². The summed E-state index contributed by atoms with van der Waals surface area (Å²) in [7, 11) is 0. The largest absolute Gasteiger partial charge is 0.399 e. The van der Waals surface area contributed by atoms with E-state index in [-0.39, 0.29) is 0 Å². The topological polar surface area (TPSA) is 51.8 Å². The van der Waals surface area contributed by atoms with Crippen LogP contribution in [0.25, 0.3) is 22.0 Å². The lowest BCUT2D eigenvalue weighted by Crippen LogP contribution is -1.94. The normalized spacial score (nSPS) is 10.6. The summed E-state index contributed by atoms with van der Waals surface area (Å²) in [5, 5.41) is 2.05. The van der Waals surface area contributed by atoms with E-state index in [0.29, 0.717) is 0 Å². The zero-order chi connectivity index (χ0) is 13.2. The average Bonchev–Trinajstić information content (AvgIpc) is 2.93. The van der Waals surface area contributed by atoms with Gasteiger partial charge in [-0.1, -0.05) is 6.07 Å². The van der Waals surface area contributed by atoms with E-state index in [0.717, 1.165) is 33.3 Å². The molecule has 2 aromatic heterocycles. The van der Waals surface area contributed by atoms with Crippen molar-refractivity contribution in [2.75, 3.05) is 5.73 Å². The molecule has 0 atom stereocenters. The summed E-state index contributed by atoms with van der Waals surface area (Å²) in [4.78, 5) is 10.3. The predicted molar refractivity (Wildman–Crippen MR) is 79.9 cm³/mol. The van der Waals surface area contributed by atoms with Gasteiger partial charge in [-0.25, -0.2) is 9.97 Å². The van der Waals surface area contributed by atoms with Crippen LogP contribution in [0.4, 0.5) is 5.69 Å². The van der Waals surface area contributed by atoms with Crippen molar-refractivity contribution in [3.8, 4) is 22.0 Å². The number of benzene rings is 1. The summed E-state index contributed by atoms with van der Waals surface area (Å²) >= 11 is 1.68. The van der Waals surface area contributed by atoms with Gasteiger partial charge in [-0.15, -0.1) is 11.3 Å². The van der Waals surface area contributed by atoms with Gasteiger partial charge in [0.05, 0.1) is 10.6 Å². The first-order valence-corrected chi connectivity index (χ1v) is 6.86. The molecule has 4 heteroatoms. The third kappa shape index (κ3) is 2.48. The summed E-state index contributed by atoms with van der Waals surface area (Å²) in [5.41, 5.74) is 9.36. The van der Waals surface area contributed by atoms with Crippen LogP contribution in [0, 0.1) is 6.92 Å². The number of aryl methyl sites for hydroxylation is 1. The molecule has 3 nitrogen and oxygen atoms in total. The standard InChI is InChI=1S/C15H13N3S/c1-10-9-13(14-3-2-8-19-14)18-15(17-10)11-4-6-12(16)7-5-11/h2-9H,16H2,1H3. The van der Waals surface area contributed by atoms with Gasteiger partial charge in [-0.05, 0) is 48.7 Å². The molecule has 0 radical (unpaired) electrons. The number of aromatic nitrogens is 2. The first kappa shape index (κ1) is 11.9. The summed E-state index contributed by atoms with van der Waals surface area (Å²) in [6, 6.07) is 13.7. The van der Waals surface area contributed by atoms with E-state index in [1.165, 1.54) is 0 Å². The number of hydrogen-bond donors (Lipinski definition) is 1. The van der Waals surface area contributed by atoms with E-state index in [1.807, 2.05) is 43.3 Å². The Morgan fingerprint density at radius 1 is 1.05 bits per heavy atom. The third-order valence-electron chi connectivity index (χ3n) is 2.80. The van der Waals surface area contributed by atoms with Gasteiger partial charge in [-0.2, -0.15) is 0 Å². The highest BCUT2D eigenvalue weighted by atomic mass is 32.1. The Kier molecular flexibility index (Phi) is 3.01. The number of anilines is 1. The second-order valence-corrected chi connectivity index (χ2v) is 5.27. The minimum absolute atomic E-state index is 0.739. The molecule has 3 aromatic rings. The van der Waals surface area contributed by atoms with Crippen molar-refractivity contribution in [1.82, 2.24) is 9.97 Å². The number of nitrogens with zero attached hydrogens (tertiary/aromatic N) is 2. The minimum atomic E-state index is 0.739. The van der Waals surface area contributed by atoms with Crippen molar-refractivity contribution in [2.24, 2.45) is 0 Å². The maximum absolute atomic E-state index is 5.70. The van der Waals surface area contributed by atoms with Crippen molar-refractivity contribution < 1.29 is 0 Å². The number of nitrogens with two attached hydrogens (primary N) is 1. The zero-order valence-corrected chi connectivity index (χ0v) is 11.3. The molecular weight excluding hydrogens is 254 g/mol. The molecule has 1 aromatic carbocycles. The maximum Gasteiger partial charge on any atom is 0.160 e. The Labute approximate surface area is 115 Å². The lowest BCUT2D eigenvalue weighted by Gasteiger charge is -2.05. The fourth-order valence-electron chi connectivity index (χ4n) is 1.88. The Hall–Kier alpha value is -2.20. The molecule has 0 amide bonds. The molecule has 2 N–H and O–H groups in total. The Morgan fingerprint density at radius 2 is 1.84 bits per heavy atom. The van der Waals surface area contributed by atoms with E-state index in [1.54, 1.807) is 11.3 Å². The first-order valence-electron chi connectivity index (χ1n) is 5.98. The highest BCUT2D eigenvalue weighted by Crippen LogP contribution is 2.26. The summed E-state index contributed by atoms with van der Waals surface area (Å²) in [5.74, 6) is 0.739. The smallest absolute Gasteiger partial charge is 0.160 e. The van der Waals surface area contributed by atoms with Gasteiger partial charge in [0, 0.05) is 16.9 Å². The van der Waals surface area contributed by atoms with Gasteiger partial charge in [0.2, 0.25) is 0 Å². The third-order valence-corrected chi connectivity index (χ3v) is 3.69. The molecule has 94 valence electrons. The highest BCUT2D eigenvalue weighted by molar-refractivity contribution is 7.13. The number of rotatable bonds is 2. The summed E-state index contributed by atoms with van der Waals surface area (Å²) in [6.45, 7) is 1.99. The molecule has 0 saturated carbocycles. The fourth-order valence-corrected chi connectivity index (χ4v) is 2.57. The molecule has 0 aliphatic carbocycles. The van der Waals surface area contributed by atoms with Crippen LogP contribution in [-0.4, -0.2) is 9.97 Å². The van der Waals surface area contributed by atoms with Gasteiger partial charge < -0.3 is 5.73 Å². The molecule has 3 rings (SSSR count). The molecule has 0 bridgehead atoms. The van der Waals surface area contributed by atoms with E-state index >= 15 is 0 Å².